The van der Waals surface area contributed by atoms with Crippen molar-refractivity contribution in [3.63, 3.8) is 0 Å². The van der Waals surface area contributed by atoms with E-state index in [0.717, 1.165) is 36.5 Å². The van der Waals surface area contributed by atoms with Crippen LogP contribution < -0.4 is 0 Å². The fourth-order valence-electron chi connectivity index (χ4n) is 6.99. The molecule has 0 heterocycles. The zero-order chi connectivity index (χ0) is 14.7. The summed E-state index contributed by atoms with van der Waals surface area (Å²) >= 11 is 0. The minimum atomic E-state index is -0.370. The highest BCUT2D eigenvalue weighted by Gasteiger charge is 2.61. The first-order chi connectivity index (χ1) is 10.1. The fraction of sp³-hybridized carbons (Fsp3) is 0.900. The van der Waals surface area contributed by atoms with Crippen molar-refractivity contribution in [2.75, 3.05) is 0 Å². The molecule has 0 aliphatic heterocycles. The fourth-order valence-corrected chi connectivity index (χ4v) is 6.99. The maximum Gasteiger partial charge on any atom is 0.0701 e. The first-order valence-electron chi connectivity index (χ1n) is 9.50. The van der Waals surface area contributed by atoms with Gasteiger partial charge in [-0.05, 0) is 93.3 Å². The molecule has 1 unspecified atom stereocenters. The second-order valence-electron chi connectivity index (χ2n) is 8.67. The Morgan fingerprint density at radius 2 is 2.00 bits per heavy atom. The number of hydrogen-bond donors (Lipinski definition) is 1. The van der Waals surface area contributed by atoms with E-state index < -0.39 is 0 Å². The average Bonchev–Trinajstić information content (AvgIpc) is 2.79. The Hall–Kier alpha value is -0.300. The molecule has 0 bridgehead atoms. The second-order valence-corrected chi connectivity index (χ2v) is 8.67. The number of allylic oxidation sites excluding steroid dienone is 2. The van der Waals surface area contributed by atoms with Crippen molar-refractivity contribution in [3.05, 3.63) is 11.6 Å². The number of fused-ring (bicyclic) bond motifs is 5. The molecule has 1 heteroatoms. The summed E-state index contributed by atoms with van der Waals surface area (Å²) in [6, 6.07) is 0. The minimum absolute atomic E-state index is 0.207. The Kier molecular flexibility index (Phi) is 3.30. The molecule has 0 aromatic rings. The van der Waals surface area contributed by atoms with E-state index in [1.165, 1.54) is 51.4 Å². The van der Waals surface area contributed by atoms with Gasteiger partial charge in [-0.3, -0.25) is 0 Å². The number of hydrogen-bond acceptors (Lipinski definition) is 1. The van der Waals surface area contributed by atoms with E-state index in [9.17, 15) is 5.11 Å². The lowest BCUT2D eigenvalue weighted by Crippen LogP contribution is -2.52. The van der Waals surface area contributed by atoms with E-state index in [-0.39, 0.29) is 11.0 Å². The Balaban J connectivity index is 1.64. The SMILES string of the molecule is CC[C@]1(O)CC[C@H]2[C@@H]3CCC4=CCCCC4[C@H]3CC[C@@]21C. The van der Waals surface area contributed by atoms with Gasteiger partial charge in [-0.15, -0.1) is 0 Å². The summed E-state index contributed by atoms with van der Waals surface area (Å²) in [5, 5.41) is 11.2. The van der Waals surface area contributed by atoms with Gasteiger partial charge in [0, 0.05) is 0 Å². The molecule has 21 heavy (non-hydrogen) atoms. The van der Waals surface area contributed by atoms with Gasteiger partial charge in [0.1, 0.15) is 0 Å². The minimum Gasteiger partial charge on any atom is -0.389 e. The molecule has 4 rings (SSSR count). The van der Waals surface area contributed by atoms with Crippen LogP contribution in [0.15, 0.2) is 11.6 Å². The van der Waals surface area contributed by atoms with Crippen molar-refractivity contribution in [1.82, 2.24) is 0 Å². The van der Waals surface area contributed by atoms with Gasteiger partial charge < -0.3 is 5.11 Å². The third-order valence-corrected chi connectivity index (χ3v) is 8.28. The van der Waals surface area contributed by atoms with E-state index in [2.05, 4.69) is 19.9 Å². The molecule has 6 atom stereocenters. The highest BCUT2D eigenvalue weighted by molar-refractivity contribution is 5.19. The molecule has 3 saturated carbocycles. The lowest BCUT2D eigenvalue weighted by molar-refractivity contribution is -0.119. The first-order valence-corrected chi connectivity index (χ1v) is 9.50. The van der Waals surface area contributed by atoms with E-state index in [0.29, 0.717) is 0 Å². The Morgan fingerprint density at radius 1 is 1.14 bits per heavy atom. The largest absolute Gasteiger partial charge is 0.389 e. The average molecular weight is 288 g/mol. The summed E-state index contributed by atoms with van der Waals surface area (Å²) in [6.45, 7) is 4.62. The molecular weight excluding hydrogens is 256 g/mol. The van der Waals surface area contributed by atoms with Crippen LogP contribution in [0.2, 0.25) is 0 Å². The normalized spacial score (nSPS) is 52.6. The monoisotopic (exact) mass is 288 g/mol. The van der Waals surface area contributed by atoms with E-state index in [1.54, 1.807) is 0 Å². The van der Waals surface area contributed by atoms with Gasteiger partial charge in [-0.25, -0.2) is 0 Å². The Labute approximate surface area is 130 Å². The standard InChI is InChI=1S/C20H32O/c1-3-20(21)13-11-18-17-9-8-14-6-4-5-7-15(14)16(17)10-12-19(18,20)2/h6,15-18,21H,3-5,7-13H2,1-2H3/t15?,16-,17-,18+,19+,20+/m1/s1. The van der Waals surface area contributed by atoms with Gasteiger partial charge in [-0.1, -0.05) is 25.5 Å². The molecule has 4 aliphatic rings. The van der Waals surface area contributed by atoms with Crippen LogP contribution in [0.1, 0.15) is 78.1 Å². The number of aliphatic hydroxyl groups is 1. The molecule has 0 radical (unpaired) electrons. The van der Waals surface area contributed by atoms with Gasteiger partial charge in [0.15, 0.2) is 0 Å². The maximum atomic E-state index is 11.2. The zero-order valence-corrected chi connectivity index (χ0v) is 13.9. The summed E-state index contributed by atoms with van der Waals surface area (Å²) in [4.78, 5) is 0. The van der Waals surface area contributed by atoms with Crippen LogP contribution >= 0.6 is 0 Å². The van der Waals surface area contributed by atoms with Crippen LogP contribution in [0.5, 0.6) is 0 Å². The summed E-state index contributed by atoms with van der Waals surface area (Å²) in [5.74, 6) is 3.56. The van der Waals surface area contributed by atoms with Crippen molar-refractivity contribution in [2.24, 2.45) is 29.1 Å². The zero-order valence-electron chi connectivity index (χ0n) is 13.9. The van der Waals surface area contributed by atoms with Gasteiger partial charge >= 0.3 is 0 Å². The molecule has 0 saturated heterocycles. The molecule has 118 valence electrons. The third-order valence-electron chi connectivity index (χ3n) is 8.28. The van der Waals surface area contributed by atoms with Gasteiger partial charge in [0.2, 0.25) is 0 Å². The smallest absolute Gasteiger partial charge is 0.0701 e. The van der Waals surface area contributed by atoms with Crippen LogP contribution in [0.4, 0.5) is 0 Å². The molecule has 0 aromatic heterocycles. The number of rotatable bonds is 1. The van der Waals surface area contributed by atoms with Crippen LogP contribution in [0.3, 0.4) is 0 Å². The molecular formula is C20H32O. The summed E-state index contributed by atoms with van der Waals surface area (Å²) < 4.78 is 0. The predicted molar refractivity (Wildman–Crippen MR) is 86.9 cm³/mol. The quantitative estimate of drug-likeness (QED) is 0.666. The van der Waals surface area contributed by atoms with E-state index >= 15 is 0 Å². The maximum absolute atomic E-state index is 11.2. The molecule has 0 spiro atoms. The lowest BCUT2D eigenvalue weighted by atomic mass is 9.50. The van der Waals surface area contributed by atoms with Crippen molar-refractivity contribution >= 4 is 0 Å². The topological polar surface area (TPSA) is 20.2 Å². The van der Waals surface area contributed by atoms with E-state index in [4.69, 9.17) is 0 Å². The molecule has 1 nitrogen and oxygen atoms in total. The summed E-state index contributed by atoms with van der Waals surface area (Å²) in [5.41, 5.74) is 1.65. The lowest BCUT2D eigenvalue weighted by Gasteiger charge is -2.55. The molecule has 3 fully saturated rings. The summed E-state index contributed by atoms with van der Waals surface area (Å²) in [6.07, 6.45) is 15.5. The molecule has 1 N–H and O–H groups in total. The van der Waals surface area contributed by atoms with Crippen LogP contribution in [-0.4, -0.2) is 10.7 Å². The van der Waals surface area contributed by atoms with Crippen molar-refractivity contribution in [2.45, 2.75) is 83.7 Å². The van der Waals surface area contributed by atoms with Crippen molar-refractivity contribution < 1.29 is 5.11 Å². The van der Waals surface area contributed by atoms with E-state index in [1.807, 2.05) is 5.57 Å². The van der Waals surface area contributed by atoms with Crippen LogP contribution in [0.25, 0.3) is 0 Å². The van der Waals surface area contributed by atoms with Gasteiger partial charge in [0.25, 0.3) is 0 Å². The van der Waals surface area contributed by atoms with Crippen LogP contribution in [0, 0.1) is 29.1 Å². The highest BCUT2D eigenvalue weighted by Crippen LogP contribution is 2.65. The first kappa shape index (κ1) is 14.3. The second kappa shape index (κ2) is 4.85. The highest BCUT2D eigenvalue weighted by atomic mass is 16.3. The van der Waals surface area contributed by atoms with Crippen molar-refractivity contribution in [1.29, 1.82) is 0 Å². The predicted octanol–water partition coefficient (Wildman–Crippen LogP) is 5.09. The molecule has 0 aromatic carbocycles. The van der Waals surface area contributed by atoms with Gasteiger partial charge in [0.05, 0.1) is 5.60 Å². The molecule has 4 aliphatic carbocycles. The van der Waals surface area contributed by atoms with Gasteiger partial charge in [-0.2, -0.15) is 0 Å². The van der Waals surface area contributed by atoms with Crippen LogP contribution in [-0.2, 0) is 0 Å². The third kappa shape index (κ3) is 1.85. The van der Waals surface area contributed by atoms with Crippen molar-refractivity contribution in [3.8, 4) is 0 Å². The Bertz CT molecular complexity index is 453. The Morgan fingerprint density at radius 3 is 2.81 bits per heavy atom. The summed E-state index contributed by atoms with van der Waals surface area (Å²) in [7, 11) is 0. The molecule has 0 amide bonds.